The smallest absolute Gasteiger partial charge is 0.242 e. The minimum atomic E-state index is -0.232. The van der Waals surface area contributed by atoms with E-state index < -0.39 is 0 Å². The van der Waals surface area contributed by atoms with Crippen LogP contribution in [0.2, 0.25) is 0 Å². The number of allylic oxidation sites excluding steroid dienone is 1. The molecule has 0 aromatic heterocycles. The molecule has 226 valence electrons. The lowest BCUT2D eigenvalue weighted by Crippen LogP contribution is -2.44. The molecule has 3 atom stereocenters. The molecule has 9 heteroatoms. The number of carbonyl (C=O) groups is 2. The summed E-state index contributed by atoms with van der Waals surface area (Å²) in [5.74, 6) is 0.591. The highest BCUT2D eigenvalue weighted by atomic mass is 31.1. The molecule has 3 unspecified atom stereocenters. The normalized spacial score (nSPS) is 19.1. The number of aliphatic hydroxyl groups is 2. The van der Waals surface area contributed by atoms with E-state index in [1.807, 2.05) is 11.6 Å². The summed E-state index contributed by atoms with van der Waals surface area (Å²) in [4.78, 5) is 26.5. The van der Waals surface area contributed by atoms with Crippen molar-refractivity contribution in [2.75, 3.05) is 33.5 Å². The summed E-state index contributed by atoms with van der Waals surface area (Å²) >= 11 is 0. The third kappa shape index (κ3) is 12.6. The van der Waals surface area contributed by atoms with Crippen molar-refractivity contribution in [2.45, 2.75) is 102 Å². The highest BCUT2D eigenvalue weighted by Gasteiger charge is 2.34. The predicted octanol–water partition coefficient (Wildman–Crippen LogP) is 4.85. The molecule has 0 spiro atoms. The van der Waals surface area contributed by atoms with Crippen LogP contribution in [0.4, 0.5) is 0 Å². The third-order valence-corrected chi connectivity index (χ3v) is 8.54. The summed E-state index contributed by atoms with van der Waals surface area (Å²) < 4.78 is 5.61. The SMILES string of the molecule is C1CCCCC1.COC(=C1CCC1)C1CCCN1C(=O)CNC(=O)Cc1cccc(O)c1.CPC(O)CCCO. The van der Waals surface area contributed by atoms with Gasteiger partial charge in [0, 0.05) is 13.2 Å². The van der Waals surface area contributed by atoms with Crippen LogP contribution < -0.4 is 5.32 Å². The molecule has 1 aromatic rings. The van der Waals surface area contributed by atoms with Crippen LogP contribution in [0.25, 0.3) is 0 Å². The quantitative estimate of drug-likeness (QED) is 0.233. The Bertz CT molecular complexity index is 903. The van der Waals surface area contributed by atoms with Crippen LogP contribution in [0, 0.1) is 0 Å². The number of hydrogen-bond acceptors (Lipinski definition) is 6. The zero-order valence-electron chi connectivity index (χ0n) is 24.5. The fraction of sp³-hybridized carbons (Fsp3) is 0.677. The maximum absolute atomic E-state index is 12.6. The molecule has 2 amide bonds. The second-order valence-electron chi connectivity index (χ2n) is 10.7. The van der Waals surface area contributed by atoms with E-state index in [0.29, 0.717) is 20.7 Å². The number of rotatable bonds is 10. The molecule has 8 nitrogen and oxygen atoms in total. The molecule has 1 aliphatic heterocycles. The Morgan fingerprint density at radius 3 is 2.30 bits per heavy atom. The molecule has 2 aliphatic carbocycles. The van der Waals surface area contributed by atoms with Gasteiger partial charge in [-0.15, -0.1) is 0 Å². The number of phenolic OH excluding ortho intramolecular Hbond substituents is 1. The summed E-state index contributed by atoms with van der Waals surface area (Å²) in [5.41, 5.74) is 2.04. The molecule has 4 N–H and O–H groups in total. The van der Waals surface area contributed by atoms with E-state index in [1.54, 1.807) is 31.4 Å². The Kier molecular flexibility index (Phi) is 16.9. The third-order valence-electron chi connectivity index (χ3n) is 7.58. The first kappa shape index (κ1) is 34.1. The van der Waals surface area contributed by atoms with E-state index >= 15 is 0 Å². The van der Waals surface area contributed by atoms with E-state index in [-0.39, 0.29) is 49.0 Å². The average molecular weight is 579 g/mol. The summed E-state index contributed by atoms with van der Waals surface area (Å²) in [5, 5.41) is 29.3. The monoisotopic (exact) mass is 578 g/mol. The highest BCUT2D eigenvalue weighted by Crippen LogP contribution is 2.35. The number of nitrogens with one attached hydrogen (secondary N) is 1. The second-order valence-corrected chi connectivity index (χ2v) is 11.9. The van der Waals surface area contributed by atoms with Crippen LogP contribution in [-0.2, 0) is 20.7 Å². The zero-order chi connectivity index (χ0) is 29.2. The standard InChI is InChI=1S/C20H26N2O4.C6H12.C5H13O2P/c1-26-20(15-6-3-7-15)17-9-4-10-22(17)19(25)13-21-18(24)12-14-5-2-8-16(23)11-14;1-2-4-6-5-3-1;1-8-5(7)3-2-4-6/h2,5,8,11,17,23H,3-4,6-7,9-10,12-13H2,1H3,(H,21,24);1-6H2;5-8H,2-4H2,1H3. The van der Waals surface area contributed by atoms with Gasteiger partial charge in [0.2, 0.25) is 11.8 Å². The van der Waals surface area contributed by atoms with Gasteiger partial charge in [-0.1, -0.05) is 59.2 Å². The van der Waals surface area contributed by atoms with Gasteiger partial charge in [-0.25, -0.2) is 0 Å². The lowest BCUT2D eigenvalue weighted by atomic mass is 9.89. The van der Waals surface area contributed by atoms with Crippen molar-refractivity contribution in [1.29, 1.82) is 0 Å². The number of nitrogens with zero attached hydrogens (tertiary/aromatic N) is 1. The number of methoxy groups -OCH3 is 1. The molecule has 0 radical (unpaired) electrons. The van der Waals surface area contributed by atoms with Gasteiger partial charge in [0.05, 0.1) is 32.0 Å². The number of likely N-dealkylation sites (tertiary alicyclic amines) is 1. The summed E-state index contributed by atoms with van der Waals surface area (Å²) in [7, 11) is 2.27. The van der Waals surface area contributed by atoms with Crippen LogP contribution in [-0.4, -0.2) is 77.4 Å². The van der Waals surface area contributed by atoms with E-state index in [0.717, 1.165) is 44.3 Å². The number of aromatic hydroxyl groups is 1. The minimum Gasteiger partial charge on any atom is -0.508 e. The lowest BCUT2D eigenvalue weighted by Gasteiger charge is -2.30. The Morgan fingerprint density at radius 1 is 1.10 bits per heavy atom. The minimum absolute atomic E-state index is 0.00534. The van der Waals surface area contributed by atoms with Crippen molar-refractivity contribution in [3.63, 3.8) is 0 Å². The molecule has 2 saturated carbocycles. The Labute approximate surface area is 242 Å². The van der Waals surface area contributed by atoms with E-state index in [9.17, 15) is 14.7 Å². The molecule has 40 heavy (non-hydrogen) atoms. The Balaban J connectivity index is 0.000000327. The molecule has 4 rings (SSSR count). The van der Waals surface area contributed by atoms with Crippen molar-refractivity contribution < 1.29 is 29.6 Å². The first-order valence-corrected chi connectivity index (χ1v) is 16.5. The Morgan fingerprint density at radius 2 is 1.77 bits per heavy atom. The van der Waals surface area contributed by atoms with Gasteiger partial charge in [0.1, 0.15) is 11.5 Å². The average Bonchev–Trinajstić information content (AvgIpc) is 3.43. The zero-order valence-corrected chi connectivity index (χ0v) is 25.5. The van der Waals surface area contributed by atoms with E-state index in [4.69, 9.17) is 14.9 Å². The summed E-state index contributed by atoms with van der Waals surface area (Å²) in [6.45, 7) is 2.84. The van der Waals surface area contributed by atoms with Gasteiger partial charge < -0.3 is 30.3 Å². The van der Waals surface area contributed by atoms with Crippen LogP contribution in [0.15, 0.2) is 35.6 Å². The van der Waals surface area contributed by atoms with Crippen molar-refractivity contribution in [3.8, 4) is 5.75 Å². The molecule has 1 aromatic carbocycles. The Hall–Kier alpha value is -2.15. The summed E-state index contributed by atoms with van der Waals surface area (Å²) in [6, 6.07) is 6.58. The van der Waals surface area contributed by atoms with Crippen LogP contribution in [0.3, 0.4) is 0 Å². The highest BCUT2D eigenvalue weighted by molar-refractivity contribution is 7.37. The number of aliphatic hydroxyl groups excluding tert-OH is 2. The van der Waals surface area contributed by atoms with Crippen LogP contribution in [0.1, 0.15) is 89.0 Å². The van der Waals surface area contributed by atoms with Gasteiger partial charge in [-0.3, -0.25) is 9.59 Å². The predicted molar refractivity (Wildman–Crippen MR) is 162 cm³/mol. The number of benzene rings is 1. The number of hydrogen-bond donors (Lipinski definition) is 4. The molecular formula is C31H51N2O6P. The number of carbonyl (C=O) groups excluding carboxylic acids is 2. The van der Waals surface area contributed by atoms with Crippen molar-refractivity contribution in [1.82, 2.24) is 10.2 Å². The van der Waals surface area contributed by atoms with Crippen LogP contribution >= 0.6 is 8.58 Å². The van der Waals surface area contributed by atoms with Gasteiger partial charge >= 0.3 is 0 Å². The van der Waals surface area contributed by atoms with Crippen molar-refractivity contribution >= 4 is 20.4 Å². The van der Waals surface area contributed by atoms with E-state index in [2.05, 4.69) is 5.32 Å². The number of phenols is 1. The van der Waals surface area contributed by atoms with Crippen molar-refractivity contribution in [3.05, 3.63) is 41.2 Å². The fourth-order valence-electron chi connectivity index (χ4n) is 5.13. The molecule has 1 saturated heterocycles. The molecule has 1 heterocycles. The molecular weight excluding hydrogens is 527 g/mol. The van der Waals surface area contributed by atoms with Crippen molar-refractivity contribution in [2.24, 2.45) is 0 Å². The van der Waals surface area contributed by atoms with Crippen LogP contribution in [0.5, 0.6) is 5.75 Å². The second kappa shape index (κ2) is 19.8. The summed E-state index contributed by atoms with van der Waals surface area (Å²) in [6.07, 6.45) is 15.8. The maximum atomic E-state index is 12.6. The van der Waals surface area contributed by atoms with Gasteiger partial charge in [-0.2, -0.15) is 0 Å². The number of ether oxygens (including phenoxy) is 1. The molecule has 3 aliphatic rings. The molecule has 0 bridgehead atoms. The largest absolute Gasteiger partial charge is 0.508 e. The topological polar surface area (TPSA) is 119 Å². The maximum Gasteiger partial charge on any atom is 0.242 e. The van der Waals surface area contributed by atoms with Gasteiger partial charge in [-0.05, 0) is 74.9 Å². The van der Waals surface area contributed by atoms with Gasteiger partial charge in [0.25, 0.3) is 0 Å². The first-order chi connectivity index (χ1) is 19.4. The fourth-order valence-corrected chi connectivity index (χ4v) is 5.63. The molecule has 3 fully saturated rings. The number of amides is 2. The lowest BCUT2D eigenvalue weighted by molar-refractivity contribution is -0.133. The van der Waals surface area contributed by atoms with E-state index in [1.165, 1.54) is 50.5 Å². The van der Waals surface area contributed by atoms with Gasteiger partial charge in [0.15, 0.2) is 0 Å². The first-order valence-electron chi connectivity index (χ1n) is 15.0.